The summed E-state index contributed by atoms with van der Waals surface area (Å²) in [5.41, 5.74) is 1.23. The molecule has 0 radical (unpaired) electrons. The third-order valence-corrected chi connectivity index (χ3v) is 3.94. The molecule has 0 spiro atoms. The van der Waals surface area contributed by atoms with Crippen molar-refractivity contribution in [1.29, 1.82) is 0 Å². The summed E-state index contributed by atoms with van der Waals surface area (Å²) in [7, 11) is 0. The Kier molecular flexibility index (Phi) is 2.46. The molecule has 0 saturated heterocycles. The quantitative estimate of drug-likeness (QED) is 0.707. The number of nitrogens with zero attached hydrogens (tertiary/aromatic N) is 2. The zero-order valence-electron chi connectivity index (χ0n) is 11.0. The fraction of sp³-hybridized carbons (Fsp3) is 0.176. The number of carbonyl (C=O) groups excluding carboxylic acids is 1. The lowest BCUT2D eigenvalue weighted by atomic mass is 10.1. The minimum absolute atomic E-state index is 0.0411. The van der Waals surface area contributed by atoms with Crippen LogP contribution in [0.15, 0.2) is 53.7 Å². The molecule has 98 valence electrons. The molecule has 1 amide bonds. The van der Waals surface area contributed by atoms with Crippen LogP contribution in [0.1, 0.15) is 12.8 Å². The van der Waals surface area contributed by atoms with Crippen LogP contribution >= 0.6 is 0 Å². The molecule has 1 aromatic carbocycles. The van der Waals surface area contributed by atoms with E-state index in [0.717, 1.165) is 23.5 Å². The number of amides is 1. The van der Waals surface area contributed by atoms with Crippen LogP contribution in [0.5, 0.6) is 0 Å². The second-order valence-corrected chi connectivity index (χ2v) is 5.18. The topological polar surface area (TPSA) is 34.4 Å². The van der Waals surface area contributed by atoms with Gasteiger partial charge in [-0.15, -0.1) is 0 Å². The Morgan fingerprint density at radius 2 is 1.95 bits per heavy atom. The molecule has 3 heteroatoms. The van der Waals surface area contributed by atoms with Gasteiger partial charge in [-0.3, -0.25) is 4.79 Å². The van der Waals surface area contributed by atoms with E-state index < -0.39 is 0 Å². The minimum atomic E-state index is -0.0411. The number of aromatic nitrogens is 1. The second-order valence-electron chi connectivity index (χ2n) is 5.18. The van der Waals surface area contributed by atoms with Crippen molar-refractivity contribution in [3.05, 3.63) is 69.8 Å². The molecule has 20 heavy (non-hydrogen) atoms. The number of hydrogen-bond acceptors (Lipinski definition) is 1. The van der Waals surface area contributed by atoms with Gasteiger partial charge in [0, 0.05) is 29.6 Å². The van der Waals surface area contributed by atoms with Crippen LogP contribution in [0, 0.1) is 10.4 Å². The van der Waals surface area contributed by atoms with E-state index in [4.69, 9.17) is 0 Å². The molecule has 3 heterocycles. The van der Waals surface area contributed by atoms with Crippen LogP contribution in [0.2, 0.25) is 0 Å². The van der Waals surface area contributed by atoms with Gasteiger partial charge in [0.05, 0.1) is 10.7 Å². The first-order chi connectivity index (χ1) is 9.83. The van der Waals surface area contributed by atoms with Gasteiger partial charge in [-0.1, -0.05) is 30.4 Å². The molecular weight excluding hydrogens is 248 g/mol. The van der Waals surface area contributed by atoms with Crippen molar-refractivity contribution in [2.75, 3.05) is 0 Å². The van der Waals surface area contributed by atoms with Crippen molar-refractivity contribution < 1.29 is 4.79 Å². The molecule has 1 aromatic heterocycles. The van der Waals surface area contributed by atoms with Gasteiger partial charge in [-0.2, -0.15) is 0 Å². The lowest BCUT2D eigenvalue weighted by Crippen LogP contribution is -2.22. The minimum Gasteiger partial charge on any atom is -0.343 e. The SMILES string of the molecule is O=C1CCC2=c3/c(ccn3CC=C2)=c2/cccc/c2=N/1. The fourth-order valence-corrected chi connectivity index (χ4v) is 3.02. The van der Waals surface area contributed by atoms with Crippen molar-refractivity contribution >= 4 is 11.5 Å². The standard InChI is InChI=1S/C17H14N2O/c20-16-8-7-12-4-3-10-19-11-9-14(17(12)19)13-5-1-2-6-15(13)18-16/h1-6,9,11H,7-8,10H2/b14-13-,18-15-. The van der Waals surface area contributed by atoms with E-state index in [1.165, 1.54) is 16.1 Å². The third-order valence-electron chi connectivity index (χ3n) is 3.94. The van der Waals surface area contributed by atoms with Crippen LogP contribution in [0.3, 0.4) is 0 Å². The first kappa shape index (κ1) is 11.4. The smallest absolute Gasteiger partial charge is 0.246 e. The highest BCUT2D eigenvalue weighted by Crippen LogP contribution is 2.12. The Labute approximate surface area is 115 Å². The van der Waals surface area contributed by atoms with Gasteiger partial charge in [0.15, 0.2) is 0 Å². The normalized spacial score (nSPS) is 20.1. The van der Waals surface area contributed by atoms with Crippen molar-refractivity contribution in [1.82, 2.24) is 4.57 Å². The summed E-state index contributed by atoms with van der Waals surface area (Å²) in [6.07, 6.45) is 7.65. The summed E-state index contributed by atoms with van der Waals surface area (Å²) < 4.78 is 2.25. The van der Waals surface area contributed by atoms with Crippen LogP contribution in [0.25, 0.3) is 5.57 Å². The monoisotopic (exact) mass is 262 g/mol. The zero-order valence-corrected chi connectivity index (χ0v) is 11.0. The fourth-order valence-electron chi connectivity index (χ4n) is 3.02. The van der Waals surface area contributed by atoms with Gasteiger partial charge in [-0.25, -0.2) is 4.99 Å². The molecule has 0 unspecified atom stereocenters. The van der Waals surface area contributed by atoms with Gasteiger partial charge in [-0.05, 0) is 24.1 Å². The van der Waals surface area contributed by atoms with E-state index in [0.29, 0.717) is 6.42 Å². The van der Waals surface area contributed by atoms with Gasteiger partial charge < -0.3 is 4.57 Å². The lowest BCUT2D eigenvalue weighted by molar-refractivity contribution is -0.117. The van der Waals surface area contributed by atoms with Crippen molar-refractivity contribution in [3.63, 3.8) is 0 Å². The average Bonchev–Trinajstić information content (AvgIpc) is 2.91. The Morgan fingerprint density at radius 3 is 2.90 bits per heavy atom. The Balaban J connectivity index is 2.35. The van der Waals surface area contributed by atoms with E-state index >= 15 is 0 Å². The van der Waals surface area contributed by atoms with E-state index in [1.807, 2.05) is 24.3 Å². The molecule has 4 rings (SSSR count). The molecule has 2 aliphatic rings. The molecule has 0 atom stereocenters. The van der Waals surface area contributed by atoms with Gasteiger partial charge in [0.25, 0.3) is 0 Å². The largest absolute Gasteiger partial charge is 0.343 e. The number of hydrogen-bond donors (Lipinski definition) is 0. The first-order valence-electron chi connectivity index (χ1n) is 6.89. The summed E-state index contributed by atoms with van der Waals surface area (Å²) in [6, 6.07) is 10.0. The summed E-state index contributed by atoms with van der Waals surface area (Å²) in [6.45, 7) is 0.895. The average molecular weight is 262 g/mol. The summed E-state index contributed by atoms with van der Waals surface area (Å²) in [5.74, 6) is -0.0411. The predicted molar refractivity (Wildman–Crippen MR) is 76.1 cm³/mol. The summed E-state index contributed by atoms with van der Waals surface area (Å²) >= 11 is 0. The molecule has 0 fully saturated rings. The van der Waals surface area contributed by atoms with Crippen molar-refractivity contribution in [3.8, 4) is 0 Å². The first-order valence-corrected chi connectivity index (χ1v) is 6.89. The molecule has 2 aromatic rings. The summed E-state index contributed by atoms with van der Waals surface area (Å²) in [5, 5.41) is 4.25. The maximum atomic E-state index is 12.0. The van der Waals surface area contributed by atoms with Gasteiger partial charge in [0.1, 0.15) is 0 Å². The van der Waals surface area contributed by atoms with Crippen LogP contribution in [0.4, 0.5) is 0 Å². The van der Waals surface area contributed by atoms with E-state index in [1.54, 1.807) is 0 Å². The maximum absolute atomic E-state index is 12.0. The summed E-state index contributed by atoms with van der Waals surface area (Å²) in [4.78, 5) is 16.2. The molecule has 0 aliphatic carbocycles. The van der Waals surface area contributed by atoms with Crippen LogP contribution in [-0.2, 0) is 11.3 Å². The number of carbonyl (C=O) groups is 1. The maximum Gasteiger partial charge on any atom is 0.246 e. The molecule has 0 N–H and O–H groups in total. The number of fused-ring (bicyclic) bond motifs is 1. The van der Waals surface area contributed by atoms with E-state index in [-0.39, 0.29) is 5.91 Å². The Hall–Kier alpha value is -2.42. The predicted octanol–water partition coefficient (Wildman–Crippen LogP) is 1.44. The number of allylic oxidation sites excluding steroid dienone is 2. The van der Waals surface area contributed by atoms with Crippen molar-refractivity contribution in [2.45, 2.75) is 19.4 Å². The molecular formula is C17H14N2O. The number of benzene rings is 1. The Morgan fingerprint density at radius 1 is 1.05 bits per heavy atom. The van der Waals surface area contributed by atoms with E-state index in [9.17, 15) is 4.79 Å². The number of rotatable bonds is 0. The highest BCUT2D eigenvalue weighted by Gasteiger charge is 2.10. The van der Waals surface area contributed by atoms with Gasteiger partial charge in [0.2, 0.25) is 5.91 Å². The second kappa shape index (κ2) is 4.30. The molecule has 2 aliphatic heterocycles. The lowest BCUT2D eigenvalue weighted by Gasteiger charge is -2.09. The molecule has 3 nitrogen and oxygen atoms in total. The zero-order chi connectivity index (χ0) is 13.5. The van der Waals surface area contributed by atoms with Crippen LogP contribution in [-0.4, -0.2) is 10.5 Å². The number of para-hydroxylation sites is 1. The van der Waals surface area contributed by atoms with E-state index in [2.05, 4.69) is 34.0 Å². The van der Waals surface area contributed by atoms with Crippen LogP contribution < -0.4 is 10.7 Å². The third kappa shape index (κ3) is 1.67. The molecule has 0 saturated carbocycles. The highest BCUT2D eigenvalue weighted by atomic mass is 16.1. The Bertz CT molecular complexity index is 948. The van der Waals surface area contributed by atoms with Crippen molar-refractivity contribution in [2.24, 2.45) is 4.99 Å². The highest BCUT2D eigenvalue weighted by molar-refractivity contribution is 5.79. The molecule has 0 bridgehead atoms. The van der Waals surface area contributed by atoms with Gasteiger partial charge >= 0.3 is 0 Å².